The number of fused-ring (bicyclic) bond motifs is 2. The number of likely N-dealkylation sites (tertiary alicyclic amines) is 1. The first-order chi connectivity index (χ1) is 16.0. The maximum Gasteiger partial charge on any atom is 0.252 e. The highest BCUT2D eigenvalue weighted by Crippen LogP contribution is 2.28. The third-order valence-electron chi connectivity index (χ3n) is 6.41. The van der Waals surface area contributed by atoms with E-state index in [1.807, 2.05) is 36.4 Å². The van der Waals surface area contributed by atoms with Crippen LogP contribution in [0.4, 0.5) is 0 Å². The molecule has 3 atom stereocenters. The number of carbonyl (C=O) groups is 3. The van der Waals surface area contributed by atoms with Crippen LogP contribution in [0.2, 0.25) is 0 Å². The van der Waals surface area contributed by atoms with Crippen molar-refractivity contribution in [1.29, 1.82) is 0 Å². The van der Waals surface area contributed by atoms with Crippen LogP contribution in [-0.4, -0.2) is 58.9 Å². The van der Waals surface area contributed by atoms with Crippen LogP contribution in [0.25, 0.3) is 10.8 Å². The molecule has 9 heteroatoms. The number of phenolic OH excluding ortho intramolecular Hbond substituents is 1. The van der Waals surface area contributed by atoms with Gasteiger partial charge in [-0.05, 0) is 41.0 Å². The van der Waals surface area contributed by atoms with Gasteiger partial charge in [-0.1, -0.05) is 56.0 Å². The molecule has 0 radical (unpaired) electrons. The van der Waals surface area contributed by atoms with Gasteiger partial charge < -0.3 is 20.1 Å². The Morgan fingerprint density at radius 1 is 1.03 bits per heavy atom. The third-order valence-corrected chi connectivity index (χ3v) is 6.41. The molecule has 0 spiro atoms. The Labute approximate surface area is 224 Å². The number of benzene rings is 3. The first kappa shape index (κ1) is 29.2. The van der Waals surface area contributed by atoms with E-state index in [9.17, 15) is 19.5 Å². The molecule has 2 aliphatic rings. The summed E-state index contributed by atoms with van der Waals surface area (Å²) in [6.45, 7) is 0.431. The number of amides is 2. The molecule has 2 fully saturated rings. The van der Waals surface area contributed by atoms with Crippen LogP contribution in [0.15, 0.2) is 66.7 Å². The Bertz CT molecular complexity index is 1230. The zero-order chi connectivity index (χ0) is 22.9. The topological polar surface area (TPSA) is 95.9 Å². The summed E-state index contributed by atoms with van der Waals surface area (Å²) in [6, 6.07) is 18.1. The number of hydrogen-bond acceptors (Lipinski definition) is 5. The first-order valence-electron chi connectivity index (χ1n) is 11.0. The number of phenols is 1. The highest BCUT2D eigenvalue weighted by Gasteiger charge is 2.48. The lowest BCUT2D eigenvalue weighted by molar-refractivity contribution is -0.138. The van der Waals surface area contributed by atoms with E-state index in [0.29, 0.717) is 18.5 Å². The second-order valence-corrected chi connectivity index (χ2v) is 8.50. The first-order valence-corrected chi connectivity index (χ1v) is 11.0. The number of hydrogen-bond donors (Lipinski definition) is 2. The molecule has 2 amide bonds. The summed E-state index contributed by atoms with van der Waals surface area (Å²) in [7, 11) is 0. The number of Topliss-reactive ketones (excluding diaryl/α,β-unsaturated/α-hetero) is 1. The average Bonchev–Trinajstić information content (AvgIpc) is 3.42. The minimum absolute atomic E-state index is 0. The van der Waals surface area contributed by atoms with E-state index in [0.717, 1.165) is 16.3 Å². The normalized spacial score (nSPS) is 18.9. The lowest BCUT2D eigenvalue weighted by Crippen LogP contribution is -2.53. The van der Waals surface area contributed by atoms with Crippen molar-refractivity contribution < 1.29 is 24.2 Å². The summed E-state index contributed by atoms with van der Waals surface area (Å²) in [4.78, 5) is 40.8. The lowest BCUT2D eigenvalue weighted by atomic mass is 10.0. The van der Waals surface area contributed by atoms with E-state index in [1.54, 1.807) is 35.2 Å². The third kappa shape index (κ3) is 5.69. The number of rotatable bonds is 5. The van der Waals surface area contributed by atoms with Gasteiger partial charge in [0.25, 0.3) is 5.91 Å². The van der Waals surface area contributed by atoms with Gasteiger partial charge in [-0.3, -0.25) is 14.4 Å². The molecular weight excluding hydrogens is 496 g/mol. The molecule has 2 N–H and O–H groups in total. The summed E-state index contributed by atoms with van der Waals surface area (Å²) in [6.07, 6.45) is 0.564. The number of nitrogens with zero attached hydrogens (tertiary/aromatic N) is 1. The summed E-state index contributed by atoms with van der Waals surface area (Å²) in [5, 5.41) is 14.3. The van der Waals surface area contributed by atoms with Gasteiger partial charge >= 0.3 is 0 Å². The van der Waals surface area contributed by atoms with Crippen molar-refractivity contribution >= 4 is 55.4 Å². The van der Waals surface area contributed by atoms with E-state index in [-0.39, 0.29) is 76.9 Å². The van der Waals surface area contributed by atoms with Gasteiger partial charge in [0.2, 0.25) is 5.91 Å². The molecule has 192 valence electrons. The van der Waals surface area contributed by atoms with Gasteiger partial charge in [-0.15, -0.1) is 0 Å². The zero-order valence-corrected chi connectivity index (χ0v) is 20.9. The van der Waals surface area contributed by atoms with Gasteiger partial charge in [0, 0.05) is 18.5 Å². The van der Waals surface area contributed by atoms with Crippen LogP contribution in [0.3, 0.4) is 0 Å². The van der Waals surface area contributed by atoms with Crippen LogP contribution in [0, 0.1) is 0 Å². The number of nitrogens with one attached hydrogen (secondary N) is 1. The van der Waals surface area contributed by atoms with Crippen molar-refractivity contribution in [2.24, 2.45) is 0 Å². The van der Waals surface area contributed by atoms with Gasteiger partial charge in [0.1, 0.15) is 24.4 Å². The highest BCUT2D eigenvalue weighted by molar-refractivity contribution is 7.59. The van der Waals surface area contributed by atoms with Crippen molar-refractivity contribution in [2.75, 3.05) is 13.2 Å². The van der Waals surface area contributed by atoms with Crippen molar-refractivity contribution in [2.45, 2.75) is 38.5 Å². The van der Waals surface area contributed by atoms with E-state index in [1.165, 1.54) is 0 Å². The Balaban J connectivity index is 0.00000152. The molecule has 0 unspecified atom stereocenters. The van der Waals surface area contributed by atoms with Crippen molar-refractivity contribution in [3.8, 4) is 5.75 Å². The smallest absolute Gasteiger partial charge is 0.252 e. The number of ether oxygens (including phenoxy) is 1. The SMILES string of the molecule is C.O=C(N[C@@H](Cc1ccc(O)cc1)C(=O)N1CC[C@H]2OCC(=O)[C@H]21)c1cccc2ccccc12.S.S. The number of aromatic hydroxyl groups is 1. The Kier molecular flexibility index (Phi) is 9.98. The van der Waals surface area contributed by atoms with E-state index < -0.39 is 12.1 Å². The van der Waals surface area contributed by atoms with Crippen LogP contribution in [0.1, 0.15) is 29.8 Å². The molecule has 3 aromatic rings. The summed E-state index contributed by atoms with van der Waals surface area (Å²) in [5.41, 5.74) is 1.27. The predicted molar refractivity (Wildman–Crippen MR) is 149 cm³/mol. The monoisotopic (exact) mass is 528 g/mol. The van der Waals surface area contributed by atoms with Crippen molar-refractivity contribution in [3.63, 3.8) is 0 Å². The molecule has 36 heavy (non-hydrogen) atoms. The van der Waals surface area contributed by atoms with Crippen LogP contribution in [0.5, 0.6) is 5.75 Å². The van der Waals surface area contributed by atoms with E-state index in [4.69, 9.17) is 4.74 Å². The summed E-state index contributed by atoms with van der Waals surface area (Å²) >= 11 is 0. The highest BCUT2D eigenvalue weighted by atomic mass is 32.1. The van der Waals surface area contributed by atoms with Crippen molar-refractivity contribution in [1.82, 2.24) is 10.2 Å². The molecule has 2 aliphatic heterocycles. The minimum atomic E-state index is -0.867. The molecule has 0 bridgehead atoms. The number of carbonyl (C=O) groups excluding carboxylic acids is 3. The Morgan fingerprint density at radius 3 is 2.47 bits per heavy atom. The van der Waals surface area contributed by atoms with E-state index >= 15 is 0 Å². The van der Waals surface area contributed by atoms with E-state index in [2.05, 4.69) is 5.32 Å². The molecule has 2 saturated heterocycles. The second kappa shape index (κ2) is 12.3. The summed E-state index contributed by atoms with van der Waals surface area (Å²) in [5.74, 6) is -0.635. The predicted octanol–water partition coefficient (Wildman–Crippen LogP) is 3.32. The molecule has 0 aliphatic carbocycles. The Hall–Kier alpha value is -3.01. The fourth-order valence-electron chi connectivity index (χ4n) is 4.77. The minimum Gasteiger partial charge on any atom is -0.508 e. The molecule has 0 saturated carbocycles. The maximum atomic E-state index is 13.6. The molecular formula is C27H32N2O5S2. The van der Waals surface area contributed by atoms with Crippen molar-refractivity contribution in [3.05, 3.63) is 77.9 Å². The van der Waals surface area contributed by atoms with Gasteiger partial charge in [0.05, 0.1) is 6.10 Å². The second-order valence-electron chi connectivity index (χ2n) is 8.50. The molecule has 7 nitrogen and oxygen atoms in total. The molecule has 3 aromatic carbocycles. The summed E-state index contributed by atoms with van der Waals surface area (Å²) < 4.78 is 5.52. The van der Waals surface area contributed by atoms with Gasteiger partial charge in [-0.25, -0.2) is 0 Å². The average molecular weight is 529 g/mol. The maximum absolute atomic E-state index is 13.6. The lowest BCUT2D eigenvalue weighted by Gasteiger charge is -2.28. The van der Waals surface area contributed by atoms with Gasteiger partial charge in [0.15, 0.2) is 5.78 Å². The fraction of sp³-hybridized carbons (Fsp3) is 0.296. The van der Waals surface area contributed by atoms with Crippen LogP contribution >= 0.6 is 27.0 Å². The Morgan fingerprint density at radius 2 is 1.72 bits per heavy atom. The zero-order valence-electron chi connectivity index (χ0n) is 18.9. The van der Waals surface area contributed by atoms with Crippen LogP contribution in [-0.2, 0) is 20.7 Å². The largest absolute Gasteiger partial charge is 0.508 e. The standard InChI is InChI=1S/C26H24N2O5.CH4.2H2S/c29-18-10-8-16(9-11-18)14-21(26(32)28-13-12-23-24(28)22(30)15-33-23)27-25(31)20-7-3-5-17-4-1-2-6-19(17)20;;;/h1-11,21,23-24,29H,12-15H2,(H,27,31);1H4;2*1H2/t21-,23+,24+;;;/m0.../s1. The molecule has 5 rings (SSSR count). The molecule has 2 heterocycles. The fourth-order valence-corrected chi connectivity index (χ4v) is 4.77. The van der Waals surface area contributed by atoms with Crippen LogP contribution < -0.4 is 5.32 Å². The molecule has 0 aromatic heterocycles. The quantitative estimate of drug-likeness (QED) is 0.530. The van der Waals surface area contributed by atoms with Gasteiger partial charge in [-0.2, -0.15) is 27.0 Å². The number of ketones is 1.